The van der Waals surface area contributed by atoms with E-state index in [1.54, 1.807) is 18.3 Å². The highest BCUT2D eigenvalue weighted by Gasteiger charge is 2.11. The molecule has 3 aromatic rings. The zero-order chi connectivity index (χ0) is 17.8. The van der Waals surface area contributed by atoms with E-state index in [2.05, 4.69) is 42.8 Å². The first-order valence-corrected chi connectivity index (χ1v) is 8.61. The van der Waals surface area contributed by atoms with E-state index in [4.69, 9.17) is 0 Å². The summed E-state index contributed by atoms with van der Waals surface area (Å²) >= 11 is 0. The Balaban J connectivity index is 1.44. The molecule has 2 heterocycles. The van der Waals surface area contributed by atoms with Gasteiger partial charge in [0.2, 0.25) is 5.95 Å². The molecule has 7 heteroatoms. The Hall–Kier alpha value is -3.22. The third-order valence-corrected chi connectivity index (χ3v) is 4.27. The van der Waals surface area contributed by atoms with Crippen LogP contribution in [-0.4, -0.2) is 28.3 Å². The fraction of sp³-hybridized carbons (Fsp3) is 0.211. The van der Waals surface area contributed by atoms with Crippen molar-refractivity contribution in [3.05, 3.63) is 60.5 Å². The van der Waals surface area contributed by atoms with Crippen LogP contribution in [-0.2, 0) is 0 Å². The Bertz CT molecular complexity index is 860. The van der Waals surface area contributed by atoms with Gasteiger partial charge in [-0.15, -0.1) is 5.10 Å². The molecule has 0 unspecified atom stereocenters. The van der Waals surface area contributed by atoms with Crippen molar-refractivity contribution in [1.29, 1.82) is 0 Å². The smallest absolute Gasteiger partial charge is 0.249 e. The number of halogens is 1. The highest BCUT2D eigenvalue weighted by molar-refractivity contribution is 5.62. The van der Waals surface area contributed by atoms with Gasteiger partial charge in [0.15, 0.2) is 5.82 Å². The lowest BCUT2D eigenvalue weighted by Crippen LogP contribution is -2.17. The van der Waals surface area contributed by atoms with Crippen LogP contribution in [0.1, 0.15) is 12.8 Å². The Kier molecular flexibility index (Phi) is 4.59. The minimum Gasteiger partial charge on any atom is -0.372 e. The normalized spacial score (nSPS) is 13.7. The molecule has 1 fully saturated rings. The number of anilines is 5. The van der Waals surface area contributed by atoms with Gasteiger partial charge in [0.25, 0.3) is 0 Å². The van der Waals surface area contributed by atoms with Gasteiger partial charge in [-0.1, -0.05) is 0 Å². The molecule has 6 nitrogen and oxygen atoms in total. The number of hydrogen-bond acceptors (Lipinski definition) is 6. The van der Waals surface area contributed by atoms with Gasteiger partial charge in [0, 0.05) is 30.2 Å². The molecule has 4 rings (SSSR count). The first-order chi connectivity index (χ1) is 12.8. The number of hydrogen-bond donors (Lipinski definition) is 2. The van der Waals surface area contributed by atoms with E-state index < -0.39 is 0 Å². The van der Waals surface area contributed by atoms with Gasteiger partial charge in [0.05, 0.1) is 6.20 Å². The monoisotopic (exact) mass is 350 g/mol. The number of aromatic nitrogens is 3. The van der Waals surface area contributed by atoms with Crippen LogP contribution in [0, 0.1) is 5.82 Å². The van der Waals surface area contributed by atoms with Gasteiger partial charge in [-0.3, -0.25) is 0 Å². The van der Waals surface area contributed by atoms with Crippen LogP contribution in [0.5, 0.6) is 0 Å². The van der Waals surface area contributed by atoms with Crippen LogP contribution in [0.2, 0.25) is 0 Å². The third-order valence-electron chi connectivity index (χ3n) is 4.27. The van der Waals surface area contributed by atoms with E-state index in [1.807, 2.05) is 12.1 Å². The van der Waals surface area contributed by atoms with Crippen molar-refractivity contribution in [3.63, 3.8) is 0 Å². The molecule has 1 saturated heterocycles. The number of benzene rings is 2. The van der Waals surface area contributed by atoms with Gasteiger partial charge in [0.1, 0.15) is 5.82 Å². The standard InChI is InChI=1S/C19H19FN6/c20-14-3-5-16(6-4-14)23-19-24-18(13-21-25-19)22-15-7-9-17(10-8-15)26-11-1-2-12-26/h3-10,13H,1-2,11-12H2,(H2,22,23,24,25). The molecule has 0 atom stereocenters. The van der Waals surface area contributed by atoms with Gasteiger partial charge >= 0.3 is 0 Å². The lowest BCUT2D eigenvalue weighted by atomic mass is 10.2. The van der Waals surface area contributed by atoms with Crippen molar-refractivity contribution in [1.82, 2.24) is 15.2 Å². The summed E-state index contributed by atoms with van der Waals surface area (Å²) in [5.74, 6) is 0.635. The molecular weight excluding hydrogens is 331 g/mol. The predicted octanol–water partition coefficient (Wildman–Crippen LogP) is 4.10. The molecule has 0 radical (unpaired) electrons. The minimum absolute atomic E-state index is 0.289. The van der Waals surface area contributed by atoms with E-state index in [-0.39, 0.29) is 5.82 Å². The maximum atomic E-state index is 13.0. The van der Waals surface area contributed by atoms with Gasteiger partial charge in [-0.05, 0) is 61.4 Å². The molecule has 1 aromatic heterocycles. The topological polar surface area (TPSA) is 66.0 Å². The zero-order valence-corrected chi connectivity index (χ0v) is 14.2. The summed E-state index contributed by atoms with van der Waals surface area (Å²) in [7, 11) is 0. The molecule has 2 aromatic carbocycles. The Morgan fingerprint density at radius 1 is 0.846 bits per heavy atom. The molecule has 26 heavy (non-hydrogen) atoms. The highest BCUT2D eigenvalue weighted by atomic mass is 19.1. The summed E-state index contributed by atoms with van der Waals surface area (Å²) in [6.07, 6.45) is 4.08. The third kappa shape index (κ3) is 3.88. The molecule has 2 N–H and O–H groups in total. The van der Waals surface area contributed by atoms with Crippen molar-refractivity contribution in [3.8, 4) is 0 Å². The molecule has 0 bridgehead atoms. The van der Waals surface area contributed by atoms with Crippen molar-refractivity contribution in [2.75, 3.05) is 28.6 Å². The van der Waals surface area contributed by atoms with Crippen molar-refractivity contribution in [2.45, 2.75) is 12.8 Å². The van der Waals surface area contributed by atoms with E-state index in [0.717, 1.165) is 18.8 Å². The maximum Gasteiger partial charge on any atom is 0.249 e. The van der Waals surface area contributed by atoms with Gasteiger partial charge in [-0.25, -0.2) is 4.39 Å². The lowest BCUT2D eigenvalue weighted by molar-refractivity contribution is 0.628. The second-order valence-electron chi connectivity index (χ2n) is 6.16. The summed E-state index contributed by atoms with van der Waals surface area (Å²) in [6.45, 7) is 2.25. The van der Waals surface area contributed by atoms with E-state index >= 15 is 0 Å². The summed E-state index contributed by atoms with van der Waals surface area (Å²) in [6, 6.07) is 14.3. The van der Waals surface area contributed by atoms with E-state index in [9.17, 15) is 4.39 Å². The molecule has 1 aliphatic rings. The summed E-state index contributed by atoms with van der Waals surface area (Å²) in [5.41, 5.74) is 2.87. The fourth-order valence-electron chi connectivity index (χ4n) is 2.96. The van der Waals surface area contributed by atoms with E-state index in [1.165, 1.54) is 30.7 Å². The number of nitrogens with one attached hydrogen (secondary N) is 2. The van der Waals surface area contributed by atoms with Crippen LogP contribution < -0.4 is 15.5 Å². The van der Waals surface area contributed by atoms with Crippen LogP contribution in [0.25, 0.3) is 0 Å². The Morgan fingerprint density at radius 2 is 1.50 bits per heavy atom. The lowest BCUT2D eigenvalue weighted by Gasteiger charge is -2.17. The Morgan fingerprint density at radius 3 is 2.23 bits per heavy atom. The summed E-state index contributed by atoms with van der Waals surface area (Å²) in [5, 5.41) is 14.1. The van der Waals surface area contributed by atoms with Gasteiger partial charge < -0.3 is 15.5 Å². The average Bonchev–Trinajstić information content (AvgIpc) is 3.19. The molecule has 0 saturated carbocycles. The van der Waals surface area contributed by atoms with Gasteiger partial charge in [-0.2, -0.15) is 10.1 Å². The highest BCUT2D eigenvalue weighted by Crippen LogP contribution is 2.23. The first kappa shape index (κ1) is 16.3. The van der Waals surface area contributed by atoms with Crippen molar-refractivity contribution in [2.24, 2.45) is 0 Å². The van der Waals surface area contributed by atoms with E-state index in [0.29, 0.717) is 17.5 Å². The minimum atomic E-state index is -0.289. The zero-order valence-electron chi connectivity index (χ0n) is 14.2. The second kappa shape index (κ2) is 7.35. The van der Waals surface area contributed by atoms with Crippen molar-refractivity contribution >= 4 is 28.8 Å². The van der Waals surface area contributed by atoms with Crippen molar-refractivity contribution < 1.29 is 4.39 Å². The predicted molar refractivity (Wildman–Crippen MR) is 101 cm³/mol. The van der Waals surface area contributed by atoms with Crippen LogP contribution in [0.15, 0.2) is 54.7 Å². The summed E-state index contributed by atoms with van der Waals surface area (Å²) in [4.78, 5) is 6.78. The van der Waals surface area contributed by atoms with Crippen LogP contribution >= 0.6 is 0 Å². The molecule has 0 amide bonds. The average molecular weight is 350 g/mol. The van der Waals surface area contributed by atoms with Crippen LogP contribution in [0.3, 0.4) is 0 Å². The quantitative estimate of drug-likeness (QED) is 0.722. The second-order valence-corrected chi connectivity index (χ2v) is 6.16. The number of nitrogens with zero attached hydrogens (tertiary/aromatic N) is 4. The largest absolute Gasteiger partial charge is 0.372 e. The maximum absolute atomic E-state index is 13.0. The molecule has 0 spiro atoms. The molecule has 132 valence electrons. The first-order valence-electron chi connectivity index (χ1n) is 8.61. The molecule has 1 aliphatic heterocycles. The summed E-state index contributed by atoms with van der Waals surface area (Å²) < 4.78 is 13.0. The Labute approximate surface area is 151 Å². The van der Waals surface area contributed by atoms with Crippen LogP contribution in [0.4, 0.5) is 33.2 Å². The SMILES string of the molecule is Fc1ccc(Nc2nncc(Nc3ccc(N4CCCC4)cc3)n2)cc1. The number of rotatable bonds is 5. The fourth-order valence-corrected chi connectivity index (χ4v) is 2.96. The molecular formula is C19H19FN6. The molecule has 0 aliphatic carbocycles.